The summed E-state index contributed by atoms with van der Waals surface area (Å²) in [6, 6.07) is 8.89. The molecule has 1 heterocycles. The van der Waals surface area contributed by atoms with E-state index in [2.05, 4.69) is 71.0 Å². The molecule has 2 unspecified atom stereocenters. The maximum Gasteiger partial charge on any atom is 0.0854 e. The van der Waals surface area contributed by atoms with Crippen molar-refractivity contribution in [2.75, 3.05) is 4.90 Å². The van der Waals surface area contributed by atoms with Crippen LogP contribution in [0.3, 0.4) is 0 Å². The molecule has 2 aliphatic carbocycles. The largest absolute Gasteiger partial charge is 0.332 e. The minimum absolute atomic E-state index is 0.228. The molecule has 3 heteroatoms. The van der Waals surface area contributed by atoms with Gasteiger partial charge in [0.05, 0.1) is 6.04 Å². The summed E-state index contributed by atoms with van der Waals surface area (Å²) in [7, 11) is 0. The standard InChI is InChI=1S/C18H19N3/c19-20-16-11-6-10-15-14-9-4-5-12-17(14)21(18(15)16)13-7-2-1-3-8-13/h2,4-12,15,18,20H,1,3,19H2. The van der Waals surface area contributed by atoms with Gasteiger partial charge in [-0.15, -0.1) is 0 Å². The molecule has 3 aliphatic rings. The van der Waals surface area contributed by atoms with E-state index in [1.165, 1.54) is 16.9 Å². The number of allylic oxidation sites excluding steroid dienone is 5. The molecule has 0 amide bonds. The van der Waals surface area contributed by atoms with E-state index in [9.17, 15) is 0 Å². The smallest absolute Gasteiger partial charge is 0.0854 e. The number of benzene rings is 1. The number of hydrogen-bond acceptors (Lipinski definition) is 3. The summed E-state index contributed by atoms with van der Waals surface area (Å²) >= 11 is 0. The van der Waals surface area contributed by atoms with Gasteiger partial charge in [-0.2, -0.15) is 0 Å². The zero-order valence-corrected chi connectivity index (χ0v) is 11.9. The van der Waals surface area contributed by atoms with Crippen LogP contribution < -0.4 is 16.2 Å². The van der Waals surface area contributed by atoms with Crippen LogP contribution in [-0.2, 0) is 0 Å². The van der Waals surface area contributed by atoms with Crippen LogP contribution in [0.15, 0.2) is 72.1 Å². The minimum Gasteiger partial charge on any atom is -0.332 e. The lowest BCUT2D eigenvalue weighted by molar-refractivity contribution is 0.631. The Morgan fingerprint density at radius 1 is 1.19 bits per heavy atom. The molecule has 0 spiro atoms. The predicted octanol–water partition coefficient (Wildman–Crippen LogP) is 3.11. The fourth-order valence-corrected chi connectivity index (χ4v) is 3.60. The van der Waals surface area contributed by atoms with Gasteiger partial charge >= 0.3 is 0 Å². The highest BCUT2D eigenvalue weighted by Gasteiger charge is 2.41. The quantitative estimate of drug-likeness (QED) is 0.644. The molecule has 21 heavy (non-hydrogen) atoms. The van der Waals surface area contributed by atoms with Gasteiger partial charge in [-0.25, -0.2) is 0 Å². The molecule has 1 aromatic carbocycles. The van der Waals surface area contributed by atoms with Crippen molar-refractivity contribution in [1.82, 2.24) is 5.43 Å². The van der Waals surface area contributed by atoms with Crippen LogP contribution in [0, 0.1) is 0 Å². The highest BCUT2D eigenvalue weighted by atomic mass is 15.3. The Morgan fingerprint density at radius 2 is 2.10 bits per heavy atom. The Balaban J connectivity index is 1.87. The van der Waals surface area contributed by atoms with Gasteiger partial charge in [-0.05, 0) is 36.6 Å². The van der Waals surface area contributed by atoms with Gasteiger partial charge in [0, 0.05) is 23.0 Å². The fourth-order valence-electron chi connectivity index (χ4n) is 3.60. The van der Waals surface area contributed by atoms with Gasteiger partial charge in [-0.3, -0.25) is 5.84 Å². The van der Waals surface area contributed by atoms with Crippen molar-refractivity contribution < 1.29 is 0 Å². The number of nitrogens with two attached hydrogens (primary N) is 1. The van der Waals surface area contributed by atoms with Crippen LogP contribution in [0.1, 0.15) is 24.3 Å². The van der Waals surface area contributed by atoms with Crippen molar-refractivity contribution in [3.63, 3.8) is 0 Å². The van der Waals surface area contributed by atoms with E-state index >= 15 is 0 Å². The van der Waals surface area contributed by atoms with E-state index < -0.39 is 0 Å². The van der Waals surface area contributed by atoms with E-state index in [0.717, 1.165) is 18.5 Å². The molecule has 3 N–H and O–H groups in total. The van der Waals surface area contributed by atoms with E-state index in [1.807, 2.05) is 0 Å². The SMILES string of the molecule is NNC1=CC=CC2c3ccccc3N(C3=CCCC=C3)C12. The number of para-hydroxylation sites is 1. The normalized spacial score (nSPS) is 26.0. The number of anilines is 1. The summed E-state index contributed by atoms with van der Waals surface area (Å²) in [5.74, 6) is 6.12. The van der Waals surface area contributed by atoms with Crippen LogP contribution in [0.25, 0.3) is 0 Å². The van der Waals surface area contributed by atoms with E-state index in [-0.39, 0.29) is 6.04 Å². The summed E-state index contributed by atoms with van der Waals surface area (Å²) < 4.78 is 0. The van der Waals surface area contributed by atoms with E-state index in [4.69, 9.17) is 5.84 Å². The van der Waals surface area contributed by atoms with Crippen LogP contribution in [0.4, 0.5) is 5.69 Å². The molecule has 1 aromatic rings. The van der Waals surface area contributed by atoms with Crippen LogP contribution >= 0.6 is 0 Å². The van der Waals surface area contributed by atoms with Gasteiger partial charge in [-0.1, -0.05) is 42.5 Å². The van der Waals surface area contributed by atoms with Crippen LogP contribution in [0.5, 0.6) is 0 Å². The lowest BCUT2D eigenvalue weighted by atomic mass is 9.89. The maximum absolute atomic E-state index is 5.77. The zero-order chi connectivity index (χ0) is 14.2. The Morgan fingerprint density at radius 3 is 2.90 bits per heavy atom. The van der Waals surface area contributed by atoms with E-state index in [0.29, 0.717) is 5.92 Å². The Hall–Kier alpha value is -2.26. The zero-order valence-electron chi connectivity index (χ0n) is 11.9. The number of hydrogen-bond donors (Lipinski definition) is 2. The molecular formula is C18H19N3. The third kappa shape index (κ3) is 1.85. The molecule has 0 radical (unpaired) electrons. The second kappa shape index (κ2) is 4.93. The third-order valence-electron chi connectivity index (χ3n) is 4.51. The second-order valence-electron chi connectivity index (χ2n) is 5.66. The lowest BCUT2D eigenvalue weighted by Gasteiger charge is -2.34. The monoisotopic (exact) mass is 277 g/mol. The van der Waals surface area contributed by atoms with Gasteiger partial charge in [0.25, 0.3) is 0 Å². The summed E-state index contributed by atoms with van der Waals surface area (Å²) in [5.41, 5.74) is 7.90. The van der Waals surface area contributed by atoms with E-state index in [1.54, 1.807) is 0 Å². The summed E-state index contributed by atoms with van der Waals surface area (Å²) in [4.78, 5) is 2.42. The van der Waals surface area contributed by atoms with Crippen molar-refractivity contribution in [1.29, 1.82) is 0 Å². The third-order valence-corrected chi connectivity index (χ3v) is 4.51. The highest BCUT2D eigenvalue weighted by molar-refractivity contribution is 5.71. The van der Waals surface area contributed by atoms with Gasteiger partial charge in [0.1, 0.15) is 0 Å². The van der Waals surface area contributed by atoms with Gasteiger partial charge in [0.2, 0.25) is 0 Å². The number of nitrogens with one attached hydrogen (secondary N) is 1. The molecule has 0 bridgehead atoms. The topological polar surface area (TPSA) is 41.3 Å². The number of nitrogens with zero attached hydrogens (tertiary/aromatic N) is 1. The molecule has 0 aromatic heterocycles. The average molecular weight is 277 g/mol. The molecule has 0 saturated carbocycles. The molecule has 0 fully saturated rings. The van der Waals surface area contributed by atoms with Crippen molar-refractivity contribution in [3.8, 4) is 0 Å². The first-order chi connectivity index (χ1) is 10.4. The van der Waals surface area contributed by atoms with Crippen molar-refractivity contribution >= 4 is 5.69 Å². The van der Waals surface area contributed by atoms with Crippen molar-refractivity contribution in [3.05, 3.63) is 77.7 Å². The molecule has 1 aliphatic heterocycles. The summed E-state index contributed by atoms with van der Waals surface area (Å²) in [6.45, 7) is 0. The maximum atomic E-state index is 5.77. The molecule has 106 valence electrons. The first-order valence-electron chi connectivity index (χ1n) is 7.50. The second-order valence-corrected chi connectivity index (χ2v) is 5.66. The molecule has 4 rings (SSSR count). The molecular weight excluding hydrogens is 258 g/mol. The fraction of sp³-hybridized carbons (Fsp3) is 0.222. The van der Waals surface area contributed by atoms with Crippen LogP contribution in [0.2, 0.25) is 0 Å². The van der Waals surface area contributed by atoms with Crippen molar-refractivity contribution in [2.45, 2.75) is 24.8 Å². The lowest BCUT2D eigenvalue weighted by Crippen LogP contribution is -2.42. The van der Waals surface area contributed by atoms with Gasteiger partial charge < -0.3 is 10.3 Å². The Kier molecular flexibility index (Phi) is 2.93. The van der Waals surface area contributed by atoms with Gasteiger partial charge in [0.15, 0.2) is 0 Å². The Bertz CT molecular complexity index is 681. The number of rotatable bonds is 2. The van der Waals surface area contributed by atoms with Crippen LogP contribution in [-0.4, -0.2) is 6.04 Å². The summed E-state index contributed by atoms with van der Waals surface area (Å²) in [6.07, 6.45) is 15.5. The number of hydrazine groups is 1. The first-order valence-corrected chi connectivity index (χ1v) is 7.50. The number of fused-ring (bicyclic) bond motifs is 3. The minimum atomic E-state index is 0.228. The molecule has 2 atom stereocenters. The average Bonchev–Trinajstić information content (AvgIpc) is 2.90. The molecule has 0 saturated heterocycles. The highest BCUT2D eigenvalue weighted by Crippen LogP contribution is 2.47. The Labute approximate surface area is 125 Å². The molecule has 3 nitrogen and oxygen atoms in total. The first kappa shape index (κ1) is 12.5. The predicted molar refractivity (Wildman–Crippen MR) is 86.5 cm³/mol. The van der Waals surface area contributed by atoms with Crippen molar-refractivity contribution in [2.24, 2.45) is 5.84 Å². The summed E-state index contributed by atoms with van der Waals surface area (Å²) in [5, 5.41) is 0.